The number of ether oxygens (including phenoxy) is 2. The Labute approximate surface area is 190 Å². The summed E-state index contributed by atoms with van der Waals surface area (Å²) in [5, 5.41) is 8.29. The molecule has 0 spiro atoms. The van der Waals surface area contributed by atoms with Crippen LogP contribution in [0.5, 0.6) is 0 Å². The smallest absolute Gasteiger partial charge is 0.425 e. The first-order chi connectivity index (χ1) is 16.4. The summed E-state index contributed by atoms with van der Waals surface area (Å²) >= 11 is 0. The van der Waals surface area contributed by atoms with Crippen molar-refractivity contribution in [3.05, 3.63) is 66.1 Å². The van der Waals surface area contributed by atoms with Gasteiger partial charge in [0.05, 0.1) is 32.7 Å². The first kappa shape index (κ1) is 22.5. The first-order valence-corrected chi connectivity index (χ1v) is 9.64. The maximum Gasteiger partial charge on any atom is 0.425 e. The predicted molar refractivity (Wildman–Crippen MR) is 111 cm³/mol. The largest absolute Gasteiger partial charge is 0.452 e. The second-order valence-corrected chi connectivity index (χ2v) is 6.69. The Morgan fingerprint density at radius 3 is 2.44 bits per heavy atom. The molecule has 0 aliphatic heterocycles. The number of imide groups is 1. The van der Waals surface area contributed by atoms with Gasteiger partial charge in [-0.2, -0.15) is 10.00 Å². The molecule has 3 heterocycles. The number of aromatic nitrogens is 5. The lowest BCUT2D eigenvalue weighted by molar-refractivity contribution is 0.159. The van der Waals surface area contributed by atoms with Crippen molar-refractivity contribution in [2.75, 3.05) is 19.1 Å². The van der Waals surface area contributed by atoms with E-state index in [-0.39, 0.29) is 23.0 Å². The lowest BCUT2D eigenvalue weighted by atomic mass is 10.2. The molecule has 4 aromatic rings. The van der Waals surface area contributed by atoms with Crippen LogP contribution in [0.15, 0.2) is 53.4 Å². The molecule has 0 atom stereocenters. The molecule has 3 aromatic heterocycles. The van der Waals surface area contributed by atoms with Crippen LogP contribution in [0, 0.1) is 11.6 Å². The maximum atomic E-state index is 14.5. The third-order valence-electron chi connectivity index (χ3n) is 4.64. The van der Waals surface area contributed by atoms with Crippen molar-refractivity contribution in [2.45, 2.75) is 6.54 Å². The van der Waals surface area contributed by atoms with Gasteiger partial charge in [-0.05, 0) is 12.1 Å². The third-order valence-corrected chi connectivity index (χ3v) is 4.64. The molecular formula is C21H16F2N6O5. The van der Waals surface area contributed by atoms with Gasteiger partial charge in [-0.3, -0.25) is 4.68 Å². The van der Waals surface area contributed by atoms with Gasteiger partial charge >= 0.3 is 12.2 Å². The molecule has 0 bridgehead atoms. The van der Waals surface area contributed by atoms with Gasteiger partial charge in [0.1, 0.15) is 23.5 Å². The molecule has 11 nitrogen and oxygen atoms in total. The molecule has 0 saturated heterocycles. The van der Waals surface area contributed by atoms with Crippen LogP contribution in [-0.4, -0.2) is 51.3 Å². The van der Waals surface area contributed by atoms with Crippen LogP contribution in [0.4, 0.5) is 24.2 Å². The van der Waals surface area contributed by atoms with E-state index in [0.29, 0.717) is 17.0 Å². The number of rotatable bonds is 5. The van der Waals surface area contributed by atoms with Crippen LogP contribution in [0.3, 0.4) is 0 Å². The number of hydrogen-bond acceptors (Lipinski definition) is 9. The third kappa shape index (κ3) is 4.30. The lowest BCUT2D eigenvalue weighted by Crippen LogP contribution is -2.38. The van der Waals surface area contributed by atoms with Gasteiger partial charge in [0.15, 0.2) is 17.5 Å². The van der Waals surface area contributed by atoms with Crippen LogP contribution in [0.2, 0.25) is 0 Å². The summed E-state index contributed by atoms with van der Waals surface area (Å²) < 4.78 is 44.1. The monoisotopic (exact) mass is 470 g/mol. The summed E-state index contributed by atoms with van der Waals surface area (Å²) in [6.07, 6.45) is -0.318. The van der Waals surface area contributed by atoms with Crippen molar-refractivity contribution in [2.24, 2.45) is 0 Å². The van der Waals surface area contributed by atoms with E-state index in [1.54, 1.807) is 24.3 Å². The highest BCUT2D eigenvalue weighted by Crippen LogP contribution is 2.27. The molecule has 0 radical (unpaired) electrons. The van der Waals surface area contributed by atoms with Gasteiger partial charge in [-0.25, -0.2) is 28.3 Å². The average molecular weight is 470 g/mol. The fourth-order valence-corrected chi connectivity index (χ4v) is 3.05. The number of carbonyl (C=O) groups excluding carboxylic acids is 2. The molecule has 0 unspecified atom stereocenters. The molecular weight excluding hydrogens is 454 g/mol. The summed E-state index contributed by atoms with van der Waals surface area (Å²) in [7, 11) is 2.01. The number of nitrogens with zero attached hydrogens (tertiary/aromatic N) is 6. The van der Waals surface area contributed by atoms with Crippen LogP contribution in [0.25, 0.3) is 22.9 Å². The molecule has 0 aliphatic carbocycles. The minimum atomic E-state index is -1.22. The molecule has 0 aliphatic rings. The molecule has 34 heavy (non-hydrogen) atoms. The zero-order valence-electron chi connectivity index (χ0n) is 17.8. The first-order valence-electron chi connectivity index (χ1n) is 9.64. The highest BCUT2D eigenvalue weighted by molar-refractivity contribution is 6.08. The van der Waals surface area contributed by atoms with Gasteiger partial charge in [0.25, 0.3) is 0 Å². The Balaban J connectivity index is 1.81. The fraction of sp³-hybridized carbons (Fsp3) is 0.143. The molecule has 174 valence electrons. The molecule has 0 fully saturated rings. The summed E-state index contributed by atoms with van der Waals surface area (Å²) in [6.45, 7) is 0.0271. The highest BCUT2D eigenvalue weighted by atomic mass is 19.1. The minimum absolute atomic E-state index is 0.0271. The van der Waals surface area contributed by atoms with Gasteiger partial charge < -0.3 is 14.0 Å². The molecule has 0 saturated carbocycles. The second kappa shape index (κ2) is 9.44. The van der Waals surface area contributed by atoms with E-state index < -0.39 is 29.6 Å². The summed E-state index contributed by atoms with van der Waals surface area (Å²) in [4.78, 5) is 32.3. The van der Waals surface area contributed by atoms with Gasteiger partial charge in [-0.15, -0.1) is 0 Å². The van der Waals surface area contributed by atoms with E-state index in [0.717, 1.165) is 20.4 Å². The van der Waals surface area contributed by atoms with Gasteiger partial charge in [-0.1, -0.05) is 23.4 Å². The van der Waals surface area contributed by atoms with Crippen molar-refractivity contribution >= 4 is 18.0 Å². The van der Waals surface area contributed by atoms with Crippen molar-refractivity contribution in [3.8, 4) is 22.9 Å². The highest BCUT2D eigenvalue weighted by Gasteiger charge is 2.30. The number of amides is 2. The topological polar surface area (TPSA) is 125 Å². The van der Waals surface area contributed by atoms with E-state index in [2.05, 4.69) is 29.7 Å². The number of anilines is 1. The standard InChI is InChI=1S/C21H16F2N6O5/c1-32-20(30)29(21(31)33-2)19-14(23)10-24-18(25-19)16-9-17(15-7-8-34-27-15)28(26-16)11-12-5-3-4-6-13(12)22/h3-10H,11H2,1-2H3. The van der Waals surface area contributed by atoms with Crippen LogP contribution in [0.1, 0.15) is 5.56 Å². The van der Waals surface area contributed by atoms with Crippen LogP contribution < -0.4 is 4.90 Å². The number of hydrogen-bond donors (Lipinski definition) is 0. The normalized spacial score (nSPS) is 10.7. The second-order valence-electron chi connectivity index (χ2n) is 6.69. The van der Waals surface area contributed by atoms with Crippen molar-refractivity contribution in [3.63, 3.8) is 0 Å². The molecule has 13 heteroatoms. The summed E-state index contributed by atoms with van der Waals surface area (Å²) in [5.74, 6) is -2.35. The number of methoxy groups -OCH3 is 2. The SMILES string of the molecule is COC(=O)N(C(=O)OC)c1nc(-c2cc(-c3ccon3)n(Cc3ccccc3F)n2)ncc1F. The number of benzene rings is 1. The quantitative estimate of drug-likeness (QED) is 0.429. The lowest BCUT2D eigenvalue weighted by Gasteiger charge is -2.17. The van der Waals surface area contributed by atoms with Crippen molar-refractivity contribution in [1.29, 1.82) is 0 Å². The van der Waals surface area contributed by atoms with E-state index in [1.807, 2.05) is 0 Å². The fourth-order valence-electron chi connectivity index (χ4n) is 3.05. The number of carbonyl (C=O) groups is 2. The maximum absolute atomic E-state index is 14.5. The van der Waals surface area contributed by atoms with E-state index in [4.69, 9.17) is 4.52 Å². The van der Waals surface area contributed by atoms with E-state index in [1.165, 1.54) is 23.1 Å². The Morgan fingerprint density at radius 2 is 1.79 bits per heavy atom. The Morgan fingerprint density at radius 1 is 1.06 bits per heavy atom. The average Bonchev–Trinajstić information content (AvgIpc) is 3.51. The summed E-state index contributed by atoms with van der Waals surface area (Å²) in [5.41, 5.74) is 1.30. The zero-order valence-corrected chi connectivity index (χ0v) is 17.8. The van der Waals surface area contributed by atoms with Crippen LogP contribution in [-0.2, 0) is 16.0 Å². The molecule has 2 amide bonds. The predicted octanol–water partition coefficient (Wildman–Crippen LogP) is 3.66. The van der Waals surface area contributed by atoms with Crippen molar-refractivity contribution < 1.29 is 32.4 Å². The Hall–Kier alpha value is -4.68. The zero-order chi connectivity index (χ0) is 24.2. The van der Waals surface area contributed by atoms with Crippen molar-refractivity contribution in [1.82, 2.24) is 24.9 Å². The van der Waals surface area contributed by atoms with Gasteiger partial charge in [0.2, 0.25) is 0 Å². The Kier molecular flexibility index (Phi) is 6.25. The summed E-state index contributed by atoms with van der Waals surface area (Å²) in [6, 6.07) is 9.26. The minimum Gasteiger partial charge on any atom is -0.452 e. The van der Waals surface area contributed by atoms with Crippen LogP contribution >= 0.6 is 0 Å². The van der Waals surface area contributed by atoms with Gasteiger partial charge in [0, 0.05) is 11.6 Å². The Bertz CT molecular complexity index is 1330. The molecule has 4 rings (SSSR count). The molecule has 1 aromatic carbocycles. The molecule has 0 N–H and O–H groups in total. The number of halogens is 2. The van der Waals surface area contributed by atoms with E-state index in [9.17, 15) is 18.4 Å². The van der Waals surface area contributed by atoms with E-state index >= 15 is 0 Å².